The Morgan fingerprint density at radius 3 is 2.54 bits per heavy atom. The highest BCUT2D eigenvalue weighted by molar-refractivity contribution is 6.26. The van der Waals surface area contributed by atoms with Gasteiger partial charge < -0.3 is 0 Å². The van der Waals surface area contributed by atoms with Crippen molar-refractivity contribution >= 4 is 17.2 Å². The third-order valence-corrected chi connectivity index (χ3v) is 2.02. The normalized spacial score (nSPS) is 12.6. The largest absolute Gasteiger partial charge is 0.207 e. The molecule has 0 bridgehead atoms. The van der Waals surface area contributed by atoms with E-state index in [1.165, 1.54) is 12.1 Å². The molecule has 0 heterocycles. The van der Waals surface area contributed by atoms with Gasteiger partial charge in [-0.2, -0.15) is 0 Å². The molecule has 0 aliphatic carbocycles. The molecule has 0 amide bonds. The maximum Gasteiger partial charge on any atom is 0.133 e. The number of benzene rings is 1. The highest BCUT2D eigenvalue weighted by Crippen LogP contribution is 2.23. The predicted octanol–water partition coefficient (Wildman–Crippen LogP) is 3.61. The van der Waals surface area contributed by atoms with E-state index >= 15 is 0 Å². The molecule has 0 fully saturated rings. The molecule has 1 aromatic carbocycles. The van der Waals surface area contributed by atoms with Crippen molar-refractivity contribution in [3.8, 4) is 0 Å². The molecule has 0 aliphatic rings. The van der Waals surface area contributed by atoms with Gasteiger partial charge in [-0.05, 0) is 24.6 Å². The van der Waals surface area contributed by atoms with E-state index in [0.29, 0.717) is 5.57 Å². The second kappa shape index (κ2) is 3.88. The minimum absolute atomic E-state index is 0.268. The first-order chi connectivity index (χ1) is 6.02. The van der Waals surface area contributed by atoms with Crippen molar-refractivity contribution in [3.63, 3.8) is 0 Å². The smallest absolute Gasteiger partial charge is 0.133 e. The molecule has 0 aromatic heterocycles. The Kier molecular flexibility index (Phi) is 3.04. The van der Waals surface area contributed by atoms with Gasteiger partial charge in [-0.3, -0.25) is 0 Å². The van der Waals surface area contributed by atoms with Gasteiger partial charge in [0.15, 0.2) is 0 Å². The summed E-state index contributed by atoms with van der Waals surface area (Å²) in [5.41, 5.74) is 0.725. The zero-order valence-electron chi connectivity index (χ0n) is 7.15. The van der Waals surface area contributed by atoms with Crippen LogP contribution in [0.5, 0.6) is 0 Å². The summed E-state index contributed by atoms with van der Waals surface area (Å²) in [7, 11) is 0. The van der Waals surface area contributed by atoms with Crippen molar-refractivity contribution in [2.45, 2.75) is 12.3 Å². The lowest BCUT2D eigenvalue weighted by atomic mass is 10.0. The van der Waals surface area contributed by atoms with Crippen LogP contribution in [0, 0.1) is 11.6 Å². The summed E-state index contributed by atoms with van der Waals surface area (Å²) < 4.78 is 25.6. The summed E-state index contributed by atoms with van der Waals surface area (Å²) in [6.45, 7) is 5.31. The number of hydrogen-bond acceptors (Lipinski definition) is 0. The molecule has 0 saturated heterocycles. The van der Waals surface area contributed by atoms with Crippen LogP contribution >= 0.6 is 11.6 Å². The molecule has 0 nitrogen and oxygen atoms in total. The Bertz CT molecular complexity index is 332. The maximum atomic E-state index is 13.1. The molecule has 0 aliphatic heterocycles. The van der Waals surface area contributed by atoms with Crippen molar-refractivity contribution in [2.75, 3.05) is 0 Å². The van der Waals surface area contributed by atoms with Gasteiger partial charge in [0.25, 0.3) is 0 Å². The van der Waals surface area contributed by atoms with E-state index in [2.05, 4.69) is 6.58 Å². The zero-order chi connectivity index (χ0) is 10.0. The van der Waals surface area contributed by atoms with Gasteiger partial charge in [0, 0.05) is 11.6 Å². The predicted molar refractivity (Wildman–Crippen MR) is 50.7 cm³/mol. The Morgan fingerprint density at radius 1 is 1.46 bits per heavy atom. The van der Waals surface area contributed by atoms with Crippen LogP contribution in [0.3, 0.4) is 0 Å². The van der Waals surface area contributed by atoms with Crippen LogP contribution in [-0.4, -0.2) is 5.38 Å². The SMILES string of the molecule is C=C(c1ccc(F)cc1F)C(C)Cl. The fraction of sp³-hybridized carbons (Fsp3) is 0.200. The summed E-state index contributed by atoms with van der Waals surface area (Å²) in [4.78, 5) is 0. The van der Waals surface area contributed by atoms with Crippen molar-refractivity contribution in [3.05, 3.63) is 42.0 Å². The van der Waals surface area contributed by atoms with Gasteiger partial charge in [-0.1, -0.05) is 6.58 Å². The highest BCUT2D eigenvalue weighted by Gasteiger charge is 2.10. The summed E-state index contributed by atoms with van der Waals surface area (Å²) in [6, 6.07) is 3.34. The lowest BCUT2D eigenvalue weighted by molar-refractivity contribution is 0.580. The van der Waals surface area contributed by atoms with Gasteiger partial charge in [0.1, 0.15) is 11.6 Å². The Hall–Kier alpha value is -0.890. The monoisotopic (exact) mass is 202 g/mol. The third kappa shape index (κ3) is 2.28. The van der Waals surface area contributed by atoms with Gasteiger partial charge in [-0.25, -0.2) is 8.78 Å². The zero-order valence-corrected chi connectivity index (χ0v) is 7.91. The molecule has 70 valence electrons. The number of allylic oxidation sites excluding steroid dienone is 1. The topological polar surface area (TPSA) is 0 Å². The second-order valence-corrected chi connectivity index (χ2v) is 3.42. The van der Waals surface area contributed by atoms with Crippen LogP contribution in [0.4, 0.5) is 8.78 Å². The minimum Gasteiger partial charge on any atom is -0.207 e. The van der Waals surface area contributed by atoms with Crippen molar-refractivity contribution in [2.24, 2.45) is 0 Å². The Morgan fingerprint density at radius 2 is 2.08 bits per heavy atom. The summed E-state index contributed by atoms with van der Waals surface area (Å²) >= 11 is 5.71. The number of rotatable bonds is 2. The summed E-state index contributed by atoms with van der Waals surface area (Å²) in [6.07, 6.45) is 0. The Labute approximate surface area is 80.8 Å². The first-order valence-corrected chi connectivity index (χ1v) is 4.24. The minimum atomic E-state index is -0.627. The van der Waals surface area contributed by atoms with Crippen molar-refractivity contribution in [1.29, 1.82) is 0 Å². The van der Waals surface area contributed by atoms with E-state index in [1.54, 1.807) is 6.92 Å². The fourth-order valence-electron chi connectivity index (χ4n) is 0.964. The van der Waals surface area contributed by atoms with Crippen LogP contribution in [0.1, 0.15) is 12.5 Å². The van der Waals surface area contributed by atoms with E-state index in [4.69, 9.17) is 11.6 Å². The van der Waals surface area contributed by atoms with E-state index < -0.39 is 11.6 Å². The molecule has 1 atom stereocenters. The fourth-order valence-corrected chi connectivity index (χ4v) is 1.08. The van der Waals surface area contributed by atoms with E-state index in [1.807, 2.05) is 0 Å². The lowest BCUT2D eigenvalue weighted by Gasteiger charge is -2.08. The van der Waals surface area contributed by atoms with Crippen molar-refractivity contribution in [1.82, 2.24) is 0 Å². The third-order valence-electron chi connectivity index (χ3n) is 1.76. The number of halogens is 3. The first-order valence-electron chi connectivity index (χ1n) is 3.80. The Balaban J connectivity index is 3.09. The molecule has 0 radical (unpaired) electrons. The van der Waals surface area contributed by atoms with Gasteiger partial charge in [-0.15, -0.1) is 11.6 Å². The van der Waals surface area contributed by atoms with Crippen LogP contribution in [0.25, 0.3) is 5.57 Å². The van der Waals surface area contributed by atoms with Crippen LogP contribution in [0.15, 0.2) is 24.8 Å². The molecule has 0 saturated carbocycles. The van der Waals surface area contributed by atoms with Gasteiger partial charge in [0.2, 0.25) is 0 Å². The molecular weight excluding hydrogens is 194 g/mol. The molecule has 0 spiro atoms. The standard InChI is InChI=1S/C10H9ClF2/c1-6(7(2)11)9-4-3-8(12)5-10(9)13/h3-5,7H,1H2,2H3. The molecule has 1 unspecified atom stereocenters. The van der Waals surface area contributed by atoms with E-state index in [-0.39, 0.29) is 10.9 Å². The number of alkyl halides is 1. The molecule has 1 rings (SSSR count). The molecule has 0 N–H and O–H groups in total. The van der Waals surface area contributed by atoms with Crippen molar-refractivity contribution < 1.29 is 8.78 Å². The van der Waals surface area contributed by atoms with Gasteiger partial charge >= 0.3 is 0 Å². The molecule has 3 heteroatoms. The van der Waals surface area contributed by atoms with E-state index in [0.717, 1.165) is 6.07 Å². The average molecular weight is 203 g/mol. The van der Waals surface area contributed by atoms with Crippen LogP contribution in [0.2, 0.25) is 0 Å². The van der Waals surface area contributed by atoms with E-state index in [9.17, 15) is 8.78 Å². The average Bonchev–Trinajstić information content (AvgIpc) is 2.03. The highest BCUT2D eigenvalue weighted by atomic mass is 35.5. The van der Waals surface area contributed by atoms with Crippen LogP contribution in [-0.2, 0) is 0 Å². The summed E-state index contributed by atoms with van der Waals surface area (Å²) in [5.74, 6) is -1.23. The maximum absolute atomic E-state index is 13.1. The van der Waals surface area contributed by atoms with Gasteiger partial charge in [0.05, 0.1) is 5.38 Å². The lowest BCUT2D eigenvalue weighted by Crippen LogP contribution is -1.98. The van der Waals surface area contributed by atoms with Crippen LogP contribution < -0.4 is 0 Å². The summed E-state index contributed by atoms with van der Waals surface area (Å²) in [5, 5.41) is -0.361. The second-order valence-electron chi connectivity index (χ2n) is 2.77. The first kappa shape index (κ1) is 10.2. The number of hydrogen-bond donors (Lipinski definition) is 0. The molecule has 13 heavy (non-hydrogen) atoms. The molecular formula is C10H9ClF2. The quantitative estimate of drug-likeness (QED) is 0.643. The molecule has 1 aromatic rings.